The highest BCUT2D eigenvalue weighted by molar-refractivity contribution is 6.31. The molecule has 1 amide bonds. The van der Waals surface area contributed by atoms with Gasteiger partial charge in [-0.3, -0.25) is 4.79 Å². The Morgan fingerprint density at radius 3 is 2.88 bits per heavy atom. The molecule has 182 valence electrons. The van der Waals surface area contributed by atoms with Crippen LogP contribution in [0.3, 0.4) is 0 Å². The molecule has 0 fully saturated rings. The number of aromatic nitrogens is 1. The third-order valence-electron chi connectivity index (χ3n) is 6.44. The fourth-order valence-corrected chi connectivity index (χ4v) is 5.06. The smallest absolute Gasteiger partial charge is 0.226 e. The van der Waals surface area contributed by atoms with Crippen molar-refractivity contribution in [2.75, 3.05) is 19.7 Å². The average molecular weight is 482 g/mol. The number of amides is 1. The fraction of sp³-hybridized carbons (Fsp3) is 0.464. The number of ether oxygens (including phenoxy) is 1. The van der Waals surface area contributed by atoms with Crippen LogP contribution in [-0.2, 0) is 24.3 Å². The Morgan fingerprint density at radius 2 is 2.06 bits per heavy atom. The van der Waals surface area contributed by atoms with E-state index in [1.54, 1.807) is 0 Å². The van der Waals surface area contributed by atoms with Crippen LogP contribution in [0.4, 0.5) is 0 Å². The van der Waals surface area contributed by atoms with Crippen molar-refractivity contribution in [2.24, 2.45) is 11.8 Å². The van der Waals surface area contributed by atoms with Gasteiger partial charge in [-0.2, -0.15) is 0 Å². The van der Waals surface area contributed by atoms with Crippen LogP contribution in [0.2, 0.25) is 5.02 Å². The second-order valence-corrected chi connectivity index (χ2v) is 10.3. The van der Waals surface area contributed by atoms with E-state index in [1.165, 1.54) is 10.9 Å². The van der Waals surface area contributed by atoms with Gasteiger partial charge in [0.25, 0.3) is 0 Å². The summed E-state index contributed by atoms with van der Waals surface area (Å²) in [5, 5.41) is 5.46. The first-order chi connectivity index (χ1) is 16.4. The van der Waals surface area contributed by atoms with Gasteiger partial charge in [0.1, 0.15) is 5.75 Å². The summed E-state index contributed by atoms with van der Waals surface area (Å²) in [5.41, 5.74) is 4.49. The maximum atomic E-state index is 13.4. The molecule has 0 saturated heterocycles. The van der Waals surface area contributed by atoms with Crippen molar-refractivity contribution in [3.05, 3.63) is 64.3 Å². The zero-order chi connectivity index (χ0) is 24.1. The summed E-state index contributed by atoms with van der Waals surface area (Å²) in [4.78, 5) is 18.7. The highest BCUT2D eigenvalue weighted by Crippen LogP contribution is 2.33. The predicted molar refractivity (Wildman–Crippen MR) is 139 cm³/mol. The van der Waals surface area contributed by atoms with Gasteiger partial charge in [-0.05, 0) is 60.6 Å². The van der Waals surface area contributed by atoms with Gasteiger partial charge in [0.15, 0.2) is 0 Å². The van der Waals surface area contributed by atoms with Gasteiger partial charge in [-0.15, -0.1) is 0 Å². The maximum Gasteiger partial charge on any atom is 0.226 e. The van der Waals surface area contributed by atoms with E-state index >= 15 is 0 Å². The highest BCUT2D eigenvalue weighted by atomic mass is 35.5. The van der Waals surface area contributed by atoms with Crippen LogP contribution in [0.1, 0.15) is 50.3 Å². The van der Waals surface area contributed by atoms with Crippen LogP contribution in [0.25, 0.3) is 10.9 Å². The molecule has 2 heterocycles. The molecule has 1 atom stereocenters. The van der Waals surface area contributed by atoms with Crippen molar-refractivity contribution in [3.8, 4) is 5.75 Å². The molecule has 34 heavy (non-hydrogen) atoms. The fourth-order valence-electron chi connectivity index (χ4n) is 4.73. The third-order valence-corrected chi connectivity index (χ3v) is 6.77. The largest absolute Gasteiger partial charge is 0.493 e. The second-order valence-electron chi connectivity index (χ2n) is 9.86. The van der Waals surface area contributed by atoms with Crippen LogP contribution in [0, 0.1) is 11.8 Å². The number of aromatic amines is 1. The Labute approximate surface area is 207 Å². The van der Waals surface area contributed by atoms with E-state index in [0.717, 1.165) is 59.8 Å². The maximum absolute atomic E-state index is 13.4. The number of benzene rings is 2. The Balaban J connectivity index is 1.41. The summed E-state index contributed by atoms with van der Waals surface area (Å²) < 4.78 is 5.96. The highest BCUT2D eigenvalue weighted by Gasteiger charge is 2.23. The standard InChI is InChI=1S/C28H36ClN3O2/c1-19(2)17-32(18-21-13-25(29)24-8-4-5-12-34-27(24)14-21)28(33)20(3)15-30-16-22-7-6-9-26-23(22)10-11-31-26/h6-7,9-11,13-14,19-20,30-31H,4-5,8,12,15-18H2,1-3H3. The predicted octanol–water partition coefficient (Wildman–Crippen LogP) is 5.95. The lowest BCUT2D eigenvalue weighted by Gasteiger charge is -2.28. The molecule has 0 radical (unpaired) electrons. The number of rotatable bonds is 9. The van der Waals surface area contributed by atoms with Crippen molar-refractivity contribution in [1.82, 2.24) is 15.2 Å². The molecule has 0 aliphatic carbocycles. The first kappa shape index (κ1) is 24.6. The molecule has 2 N–H and O–H groups in total. The summed E-state index contributed by atoms with van der Waals surface area (Å²) in [7, 11) is 0. The molecular weight excluding hydrogens is 446 g/mol. The molecule has 1 unspecified atom stereocenters. The van der Waals surface area contributed by atoms with Crippen molar-refractivity contribution in [2.45, 2.75) is 53.1 Å². The Morgan fingerprint density at radius 1 is 1.21 bits per heavy atom. The molecule has 3 aromatic rings. The number of hydrogen-bond donors (Lipinski definition) is 2. The molecule has 0 bridgehead atoms. The quantitative estimate of drug-likeness (QED) is 0.397. The average Bonchev–Trinajstić information content (AvgIpc) is 3.16. The van der Waals surface area contributed by atoms with E-state index in [1.807, 2.05) is 24.1 Å². The first-order valence-corrected chi connectivity index (χ1v) is 12.8. The summed E-state index contributed by atoms with van der Waals surface area (Å²) in [6, 6.07) is 12.5. The number of carbonyl (C=O) groups excluding carboxylic acids is 1. The van der Waals surface area contributed by atoms with Gasteiger partial charge in [0, 0.05) is 59.8 Å². The lowest BCUT2D eigenvalue weighted by Crippen LogP contribution is -2.40. The van der Waals surface area contributed by atoms with E-state index < -0.39 is 0 Å². The molecule has 0 saturated carbocycles. The molecule has 1 aliphatic rings. The van der Waals surface area contributed by atoms with Gasteiger partial charge in [-0.25, -0.2) is 0 Å². The van der Waals surface area contributed by atoms with E-state index in [4.69, 9.17) is 16.3 Å². The Kier molecular flexibility index (Phi) is 8.17. The van der Waals surface area contributed by atoms with Gasteiger partial charge in [0.05, 0.1) is 6.61 Å². The molecule has 6 heteroatoms. The normalized spacial score (nSPS) is 14.5. The van der Waals surface area contributed by atoms with E-state index in [0.29, 0.717) is 25.6 Å². The monoisotopic (exact) mass is 481 g/mol. The summed E-state index contributed by atoms with van der Waals surface area (Å²) >= 11 is 6.62. The van der Waals surface area contributed by atoms with Gasteiger partial charge in [-0.1, -0.05) is 44.5 Å². The number of H-pyrrole nitrogens is 1. The lowest BCUT2D eigenvalue weighted by atomic mass is 10.0. The molecular formula is C28H36ClN3O2. The van der Waals surface area contributed by atoms with Crippen LogP contribution in [0.15, 0.2) is 42.6 Å². The van der Waals surface area contributed by atoms with Crippen molar-refractivity contribution < 1.29 is 9.53 Å². The molecule has 2 aromatic carbocycles. The van der Waals surface area contributed by atoms with Crippen LogP contribution >= 0.6 is 11.6 Å². The molecule has 1 aliphatic heterocycles. The molecule has 0 spiro atoms. The number of nitrogens with zero attached hydrogens (tertiary/aromatic N) is 1. The van der Waals surface area contributed by atoms with Crippen LogP contribution in [0.5, 0.6) is 5.75 Å². The number of nitrogens with one attached hydrogen (secondary N) is 2. The number of hydrogen-bond acceptors (Lipinski definition) is 3. The second kappa shape index (κ2) is 11.3. The lowest BCUT2D eigenvalue weighted by molar-refractivity contribution is -0.136. The zero-order valence-electron chi connectivity index (χ0n) is 20.5. The molecule has 1 aromatic heterocycles. The Bertz CT molecular complexity index is 1120. The van der Waals surface area contributed by atoms with E-state index in [-0.39, 0.29) is 11.8 Å². The minimum Gasteiger partial charge on any atom is -0.493 e. The minimum atomic E-state index is -0.128. The summed E-state index contributed by atoms with van der Waals surface area (Å²) in [6.07, 6.45) is 5.04. The van der Waals surface area contributed by atoms with Crippen molar-refractivity contribution in [1.29, 1.82) is 0 Å². The van der Waals surface area contributed by atoms with Crippen molar-refractivity contribution >= 4 is 28.4 Å². The number of halogens is 1. The van der Waals surface area contributed by atoms with Crippen LogP contribution < -0.4 is 10.1 Å². The molecule has 4 rings (SSSR count). The minimum absolute atomic E-state index is 0.128. The van der Waals surface area contributed by atoms with E-state index in [2.05, 4.69) is 54.5 Å². The van der Waals surface area contributed by atoms with Crippen LogP contribution in [-0.4, -0.2) is 35.5 Å². The topological polar surface area (TPSA) is 57.4 Å². The Hall–Kier alpha value is -2.50. The van der Waals surface area contributed by atoms with Gasteiger partial charge >= 0.3 is 0 Å². The number of fused-ring (bicyclic) bond motifs is 2. The summed E-state index contributed by atoms with van der Waals surface area (Å²) in [6.45, 7) is 9.63. The summed E-state index contributed by atoms with van der Waals surface area (Å²) in [5.74, 6) is 1.29. The molecule has 5 nitrogen and oxygen atoms in total. The van der Waals surface area contributed by atoms with Crippen molar-refractivity contribution in [3.63, 3.8) is 0 Å². The number of carbonyl (C=O) groups is 1. The van der Waals surface area contributed by atoms with Gasteiger partial charge < -0.3 is 19.9 Å². The third kappa shape index (κ3) is 5.94. The first-order valence-electron chi connectivity index (χ1n) is 12.4. The van der Waals surface area contributed by atoms with Gasteiger partial charge in [0.2, 0.25) is 5.91 Å². The van der Waals surface area contributed by atoms with E-state index in [9.17, 15) is 4.79 Å². The SMILES string of the molecule is CC(C)CN(Cc1cc(Cl)c2c(c1)OCCCC2)C(=O)C(C)CNCc1cccc2[nH]ccc12. The zero-order valence-corrected chi connectivity index (χ0v) is 21.3.